The van der Waals surface area contributed by atoms with Crippen LogP contribution in [0.2, 0.25) is 5.02 Å². The Hall–Kier alpha value is -3.31. The average molecular weight is 519 g/mol. The normalized spacial score (nSPS) is 14.8. The highest BCUT2D eigenvalue weighted by atomic mass is 35.5. The van der Waals surface area contributed by atoms with E-state index in [0.717, 1.165) is 24.2 Å². The zero-order valence-corrected chi connectivity index (χ0v) is 21.4. The maximum Gasteiger partial charge on any atom is 0.232 e. The third-order valence-electron chi connectivity index (χ3n) is 6.35. The molecular weight excluding hydrogens is 492 g/mol. The van der Waals surface area contributed by atoms with Gasteiger partial charge in [-0.1, -0.05) is 42.3 Å². The molecule has 4 aromatic rings. The predicted octanol–water partition coefficient (Wildman–Crippen LogP) is 7.15. The van der Waals surface area contributed by atoms with Gasteiger partial charge in [0, 0.05) is 27.6 Å². The summed E-state index contributed by atoms with van der Waals surface area (Å²) in [5.41, 5.74) is 1.96. The Bertz CT molecular complexity index is 1310. The number of piperidine rings is 1. The SMILES string of the molecule is N#Cc1nc(-c2ccc(OCc3ccccc3Cl)cc2)oc1NCC(c1cccs1)N1CCCCC1. The molecule has 2 aromatic carbocycles. The van der Waals surface area contributed by atoms with Crippen LogP contribution < -0.4 is 10.1 Å². The molecular formula is C28H27ClN4O2S. The monoisotopic (exact) mass is 518 g/mol. The van der Waals surface area contributed by atoms with Crippen LogP contribution >= 0.6 is 22.9 Å². The van der Waals surface area contributed by atoms with Gasteiger partial charge >= 0.3 is 0 Å². The maximum atomic E-state index is 9.67. The Balaban J connectivity index is 1.27. The van der Waals surface area contributed by atoms with Gasteiger partial charge in [0.25, 0.3) is 0 Å². The van der Waals surface area contributed by atoms with Crippen LogP contribution in [0, 0.1) is 11.3 Å². The van der Waals surface area contributed by atoms with Crippen LogP contribution in [0.5, 0.6) is 5.75 Å². The van der Waals surface area contributed by atoms with Crippen LogP contribution in [0.25, 0.3) is 11.5 Å². The van der Waals surface area contributed by atoms with Gasteiger partial charge < -0.3 is 14.5 Å². The molecule has 6 nitrogen and oxygen atoms in total. The number of benzene rings is 2. The molecule has 0 radical (unpaired) electrons. The second kappa shape index (κ2) is 11.6. The lowest BCUT2D eigenvalue weighted by Crippen LogP contribution is -2.36. The molecule has 1 aliphatic heterocycles. The van der Waals surface area contributed by atoms with Crippen LogP contribution in [-0.2, 0) is 6.61 Å². The van der Waals surface area contributed by atoms with Crippen LogP contribution in [0.15, 0.2) is 70.5 Å². The van der Waals surface area contributed by atoms with E-state index in [0.29, 0.717) is 35.7 Å². The van der Waals surface area contributed by atoms with Crippen molar-refractivity contribution in [3.8, 4) is 23.3 Å². The van der Waals surface area contributed by atoms with E-state index >= 15 is 0 Å². The summed E-state index contributed by atoms with van der Waals surface area (Å²) in [6, 6.07) is 21.8. The third kappa shape index (κ3) is 5.73. The summed E-state index contributed by atoms with van der Waals surface area (Å²) < 4.78 is 11.9. The minimum Gasteiger partial charge on any atom is -0.489 e. The van der Waals surface area contributed by atoms with Gasteiger partial charge in [0.15, 0.2) is 0 Å². The van der Waals surface area contributed by atoms with E-state index in [2.05, 4.69) is 38.8 Å². The smallest absolute Gasteiger partial charge is 0.232 e. The standard InChI is InChI=1S/C28H27ClN4O2S/c29-23-8-3-2-7-21(23)19-34-22-12-10-20(11-13-22)27-32-24(17-30)28(35-27)31-18-25(26-9-6-16-36-26)33-14-4-1-5-15-33/h2-3,6-13,16,25,31H,1,4-5,14-15,18-19H2. The fourth-order valence-electron chi connectivity index (χ4n) is 4.42. The quantitative estimate of drug-likeness (QED) is 0.253. The molecule has 1 N–H and O–H groups in total. The summed E-state index contributed by atoms with van der Waals surface area (Å²) in [5.74, 6) is 1.52. The first kappa shape index (κ1) is 24.4. The molecule has 36 heavy (non-hydrogen) atoms. The number of oxazole rings is 1. The molecule has 1 aliphatic rings. The molecule has 0 saturated carbocycles. The lowest BCUT2D eigenvalue weighted by atomic mass is 10.1. The van der Waals surface area contributed by atoms with Crippen molar-refractivity contribution in [2.45, 2.75) is 31.9 Å². The Morgan fingerprint density at radius 1 is 1.08 bits per heavy atom. The van der Waals surface area contributed by atoms with Crippen molar-refractivity contribution < 1.29 is 9.15 Å². The van der Waals surface area contributed by atoms with Crippen LogP contribution in [0.3, 0.4) is 0 Å². The second-order valence-corrected chi connectivity index (χ2v) is 10.1. The van der Waals surface area contributed by atoms with Gasteiger partial charge in [0.1, 0.15) is 18.4 Å². The first-order valence-electron chi connectivity index (χ1n) is 12.1. The number of nitriles is 1. The van der Waals surface area contributed by atoms with Gasteiger partial charge in [-0.2, -0.15) is 10.2 Å². The molecule has 0 amide bonds. The number of anilines is 1. The molecule has 0 spiro atoms. The molecule has 1 fully saturated rings. The van der Waals surface area contributed by atoms with E-state index < -0.39 is 0 Å². The predicted molar refractivity (Wildman–Crippen MR) is 143 cm³/mol. The van der Waals surface area contributed by atoms with Crippen molar-refractivity contribution in [3.63, 3.8) is 0 Å². The first-order valence-corrected chi connectivity index (χ1v) is 13.4. The number of rotatable bonds is 9. The van der Waals surface area contributed by atoms with Crippen molar-refractivity contribution in [2.75, 3.05) is 25.0 Å². The van der Waals surface area contributed by atoms with Gasteiger partial charge in [-0.05, 0) is 67.7 Å². The zero-order chi connectivity index (χ0) is 24.7. The van der Waals surface area contributed by atoms with Crippen molar-refractivity contribution in [1.82, 2.24) is 9.88 Å². The van der Waals surface area contributed by atoms with Crippen LogP contribution in [0.4, 0.5) is 5.88 Å². The molecule has 184 valence electrons. The van der Waals surface area contributed by atoms with Gasteiger partial charge in [-0.3, -0.25) is 4.90 Å². The summed E-state index contributed by atoms with van der Waals surface area (Å²) in [5, 5.41) is 15.8. The lowest BCUT2D eigenvalue weighted by Gasteiger charge is -2.34. The number of thiophene rings is 1. The van der Waals surface area contributed by atoms with Crippen LogP contribution in [0.1, 0.15) is 41.4 Å². The molecule has 8 heteroatoms. The highest BCUT2D eigenvalue weighted by molar-refractivity contribution is 7.10. The summed E-state index contributed by atoms with van der Waals surface area (Å²) >= 11 is 7.97. The number of nitrogens with zero attached hydrogens (tertiary/aromatic N) is 3. The molecule has 5 rings (SSSR count). The molecule has 3 heterocycles. The van der Waals surface area contributed by atoms with Crippen molar-refractivity contribution in [3.05, 3.63) is 87.2 Å². The molecule has 1 saturated heterocycles. The number of nitrogens with one attached hydrogen (secondary N) is 1. The summed E-state index contributed by atoms with van der Waals surface area (Å²) in [7, 11) is 0. The molecule has 2 aromatic heterocycles. The molecule has 0 aliphatic carbocycles. The fourth-order valence-corrected chi connectivity index (χ4v) is 5.47. The number of ether oxygens (including phenoxy) is 1. The lowest BCUT2D eigenvalue weighted by molar-refractivity contribution is 0.172. The maximum absolute atomic E-state index is 9.67. The van der Waals surface area contributed by atoms with Gasteiger partial charge in [-0.15, -0.1) is 11.3 Å². The van der Waals surface area contributed by atoms with Crippen molar-refractivity contribution >= 4 is 28.8 Å². The Kier molecular flexibility index (Phi) is 7.87. The van der Waals surface area contributed by atoms with Gasteiger partial charge in [-0.25, -0.2) is 0 Å². The number of hydrogen-bond donors (Lipinski definition) is 1. The van der Waals surface area contributed by atoms with E-state index in [-0.39, 0.29) is 11.7 Å². The minimum atomic E-state index is 0.236. The molecule has 0 bridgehead atoms. The highest BCUT2D eigenvalue weighted by Crippen LogP contribution is 2.31. The van der Waals surface area contributed by atoms with E-state index in [1.54, 1.807) is 11.3 Å². The Morgan fingerprint density at radius 2 is 1.89 bits per heavy atom. The summed E-state index contributed by atoms with van der Waals surface area (Å²) in [6.45, 7) is 3.20. The number of hydrogen-bond acceptors (Lipinski definition) is 7. The first-order chi connectivity index (χ1) is 17.7. The number of aromatic nitrogens is 1. The Morgan fingerprint density at radius 3 is 2.61 bits per heavy atom. The largest absolute Gasteiger partial charge is 0.489 e. The number of halogens is 1. The average Bonchev–Trinajstić information content (AvgIpc) is 3.60. The molecule has 1 atom stereocenters. The van der Waals surface area contributed by atoms with E-state index in [9.17, 15) is 5.26 Å². The van der Waals surface area contributed by atoms with Gasteiger partial charge in [0.2, 0.25) is 17.5 Å². The van der Waals surface area contributed by atoms with E-state index in [1.165, 1.54) is 24.1 Å². The topological polar surface area (TPSA) is 74.3 Å². The minimum absolute atomic E-state index is 0.236. The third-order valence-corrected chi connectivity index (χ3v) is 7.69. The van der Waals surface area contributed by atoms with Crippen molar-refractivity contribution in [2.24, 2.45) is 0 Å². The molecule has 1 unspecified atom stereocenters. The zero-order valence-electron chi connectivity index (χ0n) is 19.8. The van der Waals surface area contributed by atoms with Crippen molar-refractivity contribution in [1.29, 1.82) is 5.26 Å². The summed E-state index contributed by atoms with van der Waals surface area (Å²) in [4.78, 5) is 8.26. The van der Waals surface area contributed by atoms with Gasteiger partial charge in [0.05, 0.1) is 6.04 Å². The van der Waals surface area contributed by atoms with E-state index in [1.807, 2.05) is 48.5 Å². The Labute approximate surface area is 220 Å². The summed E-state index contributed by atoms with van der Waals surface area (Å²) in [6.07, 6.45) is 3.72. The van der Waals surface area contributed by atoms with Crippen LogP contribution in [-0.4, -0.2) is 29.5 Å². The number of likely N-dealkylation sites (tertiary alicyclic amines) is 1. The fraction of sp³-hybridized carbons (Fsp3) is 0.286. The second-order valence-electron chi connectivity index (χ2n) is 8.72. The highest BCUT2D eigenvalue weighted by Gasteiger charge is 2.24. The van der Waals surface area contributed by atoms with E-state index in [4.69, 9.17) is 20.8 Å².